The number of benzene rings is 3. The van der Waals surface area contributed by atoms with Gasteiger partial charge in [-0.05, 0) is 40.7 Å². The molecule has 40 heavy (non-hydrogen) atoms. The predicted molar refractivity (Wildman–Crippen MR) is 153 cm³/mol. The highest BCUT2D eigenvalue weighted by molar-refractivity contribution is 5.92. The van der Waals surface area contributed by atoms with Gasteiger partial charge < -0.3 is 25.5 Å². The van der Waals surface area contributed by atoms with E-state index in [1.807, 2.05) is 66.7 Å². The molecule has 3 aromatic carbocycles. The fourth-order valence-corrected chi connectivity index (χ4v) is 4.98. The average Bonchev–Trinajstić information content (AvgIpc) is 3.28. The Hall–Kier alpha value is -4.46. The fraction of sp³-hybridized carbons (Fsp3) is 0.312. The minimum atomic E-state index is -0.990. The van der Waals surface area contributed by atoms with Gasteiger partial charge in [-0.15, -0.1) is 0 Å². The Kier molecular flexibility index (Phi) is 9.32. The second kappa shape index (κ2) is 13.1. The van der Waals surface area contributed by atoms with Crippen molar-refractivity contribution >= 4 is 24.2 Å². The summed E-state index contributed by atoms with van der Waals surface area (Å²) >= 11 is 0. The number of aldehydes is 1. The third-order valence-electron chi connectivity index (χ3n) is 7.06. The second-order valence-electron chi connectivity index (χ2n) is 10.4. The molecule has 1 aliphatic rings. The van der Waals surface area contributed by atoms with Crippen LogP contribution in [-0.4, -0.2) is 48.9 Å². The molecule has 3 aromatic rings. The van der Waals surface area contributed by atoms with E-state index >= 15 is 0 Å². The zero-order chi connectivity index (χ0) is 28.6. The molecular formula is C32H35N3O5. The van der Waals surface area contributed by atoms with Crippen LogP contribution < -0.4 is 16.0 Å². The number of hydrogen-bond acceptors (Lipinski definition) is 5. The average molecular weight is 542 g/mol. The van der Waals surface area contributed by atoms with Crippen LogP contribution in [0, 0.1) is 5.92 Å². The molecule has 0 fully saturated rings. The van der Waals surface area contributed by atoms with Crippen LogP contribution in [0.15, 0.2) is 78.9 Å². The Morgan fingerprint density at radius 2 is 1.35 bits per heavy atom. The van der Waals surface area contributed by atoms with Crippen LogP contribution in [0.4, 0.5) is 4.79 Å². The quantitative estimate of drug-likeness (QED) is 0.318. The normalized spacial score (nSPS) is 14.3. The van der Waals surface area contributed by atoms with E-state index in [0.29, 0.717) is 6.29 Å². The number of amides is 3. The van der Waals surface area contributed by atoms with E-state index in [0.717, 1.165) is 27.8 Å². The summed E-state index contributed by atoms with van der Waals surface area (Å²) in [5.41, 5.74) is 5.25. The number of hydrogen-bond donors (Lipinski definition) is 3. The zero-order valence-electron chi connectivity index (χ0n) is 22.9. The van der Waals surface area contributed by atoms with Gasteiger partial charge in [-0.25, -0.2) is 4.79 Å². The van der Waals surface area contributed by atoms with Crippen molar-refractivity contribution in [2.75, 3.05) is 6.61 Å². The highest BCUT2D eigenvalue weighted by Gasteiger charge is 2.32. The van der Waals surface area contributed by atoms with Crippen LogP contribution in [-0.2, 0) is 25.5 Å². The number of ether oxygens (including phenoxy) is 1. The second-order valence-corrected chi connectivity index (χ2v) is 10.4. The molecule has 0 saturated carbocycles. The van der Waals surface area contributed by atoms with E-state index in [4.69, 9.17) is 4.74 Å². The fourth-order valence-electron chi connectivity index (χ4n) is 4.98. The molecule has 1 aliphatic carbocycles. The van der Waals surface area contributed by atoms with Gasteiger partial charge in [-0.3, -0.25) is 9.59 Å². The van der Waals surface area contributed by atoms with Crippen molar-refractivity contribution in [2.45, 2.75) is 51.2 Å². The monoisotopic (exact) mass is 541 g/mol. The molecular weight excluding hydrogens is 506 g/mol. The lowest BCUT2D eigenvalue weighted by Gasteiger charge is -2.26. The SMILES string of the molecule is CC(C)[C@H](NC(=O)[C@H](Cc1ccccc1)NC(=O)OCC1c2ccccc2-c2ccccc21)C(=O)N[C@H](C)C=O. The van der Waals surface area contributed by atoms with Crippen LogP contribution in [0.5, 0.6) is 0 Å². The molecule has 0 radical (unpaired) electrons. The number of carbonyl (C=O) groups is 4. The highest BCUT2D eigenvalue weighted by Crippen LogP contribution is 2.44. The van der Waals surface area contributed by atoms with Gasteiger partial charge in [0.1, 0.15) is 25.0 Å². The van der Waals surface area contributed by atoms with Crippen molar-refractivity contribution < 1.29 is 23.9 Å². The van der Waals surface area contributed by atoms with Crippen molar-refractivity contribution in [1.82, 2.24) is 16.0 Å². The molecule has 0 saturated heterocycles. The van der Waals surface area contributed by atoms with Crippen LogP contribution in [0.2, 0.25) is 0 Å². The van der Waals surface area contributed by atoms with E-state index in [-0.39, 0.29) is 24.9 Å². The maximum absolute atomic E-state index is 13.4. The summed E-state index contributed by atoms with van der Waals surface area (Å²) in [4.78, 5) is 50.2. The molecule has 0 spiro atoms. The molecule has 4 rings (SSSR count). The van der Waals surface area contributed by atoms with Crippen molar-refractivity contribution in [1.29, 1.82) is 0 Å². The van der Waals surface area contributed by atoms with E-state index in [1.165, 1.54) is 0 Å². The Balaban J connectivity index is 1.47. The molecule has 0 aromatic heterocycles. The van der Waals surface area contributed by atoms with E-state index in [9.17, 15) is 19.2 Å². The predicted octanol–water partition coefficient (Wildman–Crippen LogP) is 3.98. The Morgan fingerprint density at radius 3 is 1.93 bits per heavy atom. The molecule has 0 aliphatic heterocycles. The molecule has 0 unspecified atom stereocenters. The first-order valence-corrected chi connectivity index (χ1v) is 13.5. The first kappa shape index (κ1) is 28.5. The van der Waals surface area contributed by atoms with Crippen LogP contribution in [0.25, 0.3) is 11.1 Å². The summed E-state index contributed by atoms with van der Waals surface area (Å²) in [6.45, 7) is 5.25. The molecule has 208 valence electrons. The van der Waals surface area contributed by atoms with Crippen LogP contribution in [0.1, 0.15) is 43.4 Å². The smallest absolute Gasteiger partial charge is 0.407 e. The van der Waals surface area contributed by atoms with Gasteiger partial charge >= 0.3 is 6.09 Å². The minimum absolute atomic E-state index is 0.111. The van der Waals surface area contributed by atoms with Gasteiger partial charge in [0.2, 0.25) is 11.8 Å². The maximum atomic E-state index is 13.4. The first-order valence-electron chi connectivity index (χ1n) is 13.5. The number of fused-ring (bicyclic) bond motifs is 3. The molecule has 0 bridgehead atoms. The van der Waals surface area contributed by atoms with Crippen molar-refractivity contribution in [3.8, 4) is 11.1 Å². The Bertz CT molecular complexity index is 1310. The molecule has 3 N–H and O–H groups in total. The third kappa shape index (κ3) is 6.75. The summed E-state index contributed by atoms with van der Waals surface area (Å²) in [6, 6.07) is 22.8. The largest absolute Gasteiger partial charge is 0.449 e. The van der Waals surface area contributed by atoms with Crippen molar-refractivity contribution in [3.63, 3.8) is 0 Å². The summed E-state index contributed by atoms with van der Waals surface area (Å²) in [7, 11) is 0. The Morgan fingerprint density at radius 1 is 0.775 bits per heavy atom. The lowest BCUT2D eigenvalue weighted by Crippen LogP contribution is -2.57. The van der Waals surface area contributed by atoms with E-state index in [1.54, 1.807) is 20.8 Å². The van der Waals surface area contributed by atoms with Gasteiger partial charge in [0.25, 0.3) is 0 Å². The first-order chi connectivity index (χ1) is 19.3. The minimum Gasteiger partial charge on any atom is -0.449 e. The standard InChI is InChI=1S/C32H35N3O5/c1-20(2)29(31(38)33-21(3)18-36)35-30(37)28(17-22-11-5-4-6-12-22)34-32(39)40-19-27-25-15-9-7-13-23(25)24-14-8-10-16-26(24)27/h4-16,18,20-21,27-29H,17,19H2,1-3H3,(H,33,38)(H,34,39)(H,35,37)/t21-,28+,29+/m1/s1. The van der Waals surface area contributed by atoms with Gasteiger partial charge in [0, 0.05) is 12.3 Å². The van der Waals surface area contributed by atoms with Gasteiger partial charge in [-0.2, -0.15) is 0 Å². The van der Waals surface area contributed by atoms with Gasteiger partial charge in [0.05, 0.1) is 6.04 Å². The summed E-state index contributed by atoms with van der Waals surface area (Å²) in [6.07, 6.45) is 0.0975. The van der Waals surface area contributed by atoms with Crippen LogP contribution in [0.3, 0.4) is 0 Å². The highest BCUT2D eigenvalue weighted by atomic mass is 16.5. The summed E-state index contributed by atoms with van der Waals surface area (Å²) < 4.78 is 5.68. The summed E-state index contributed by atoms with van der Waals surface area (Å²) in [5.74, 6) is -1.37. The van der Waals surface area contributed by atoms with E-state index < -0.39 is 36.0 Å². The molecule has 8 nitrogen and oxygen atoms in total. The topological polar surface area (TPSA) is 114 Å². The Labute approximate surface area is 234 Å². The summed E-state index contributed by atoms with van der Waals surface area (Å²) in [5, 5.41) is 8.05. The van der Waals surface area contributed by atoms with Crippen LogP contribution >= 0.6 is 0 Å². The molecule has 0 heterocycles. The zero-order valence-corrected chi connectivity index (χ0v) is 22.9. The number of rotatable bonds is 11. The van der Waals surface area contributed by atoms with Gasteiger partial charge in [-0.1, -0.05) is 92.7 Å². The van der Waals surface area contributed by atoms with Crippen molar-refractivity contribution in [2.24, 2.45) is 5.92 Å². The van der Waals surface area contributed by atoms with E-state index in [2.05, 4.69) is 28.1 Å². The van der Waals surface area contributed by atoms with Gasteiger partial charge in [0.15, 0.2) is 0 Å². The lowest BCUT2D eigenvalue weighted by atomic mass is 9.98. The number of alkyl carbamates (subject to hydrolysis) is 1. The number of nitrogens with one attached hydrogen (secondary N) is 3. The molecule has 3 amide bonds. The molecule has 8 heteroatoms. The van der Waals surface area contributed by atoms with Crippen molar-refractivity contribution in [3.05, 3.63) is 95.6 Å². The maximum Gasteiger partial charge on any atom is 0.407 e. The lowest BCUT2D eigenvalue weighted by molar-refractivity contribution is -0.131. The molecule has 3 atom stereocenters. The number of carbonyl (C=O) groups excluding carboxylic acids is 4. The third-order valence-corrected chi connectivity index (χ3v) is 7.06.